The lowest BCUT2D eigenvalue weighted by atomic mass is 9.57. The molecule has 0 heterocycles. The molecule has 0 aliphatic heterocycles. The average Bonchev–Trinajstić information content (AvgIpc) is 2.39. The number of hydrogen-bond acceptors (Lipinski definition) is 3. The third-order valence-electron chi connectivity index (χ3n) is 5.01. The van der Waals surface area contributed by atoms with Gasteiger partial charge in [0.15, 0.2) is 11.6 Å². The molecule has 0 saturated heterocycles. The van der Waals surface area contributed by atoms with Crippen molar-refractivity contribution in [3.8, 4) is 5.75 Å². The zero-order valence-electron chi connectivity index (χ0n) is 12.0. The quantitative estimate of drug-likeness (QED) is 0.734. The van der Waals surface area contributed by atoms with Gasteiger partial charge in [-0.1, -0.05) is 30.2 Å². The van der Waals surface area contributed by atoms with Crippen LogP contribution in [0.5, 0.6) is 5.75 Å². The minimum Gasteiger partial charge on any atom is -0.507 e. The highest BCUT2D eigenvalue weighted by Crippen LogP contribution is 2.51. The minimum absolute atomic E-state index is 0.0140. The molecule has 2 aliphatic rings. The largest absolute Gasteiger partial charge is 0.507 e. The monoisotopic (exact) mass is 270 g/mol. The van der Waals surface area contributed by atoms with Gasteiger partial charge in [-0.2, -0.15) is 0 Å². The summed E-state index contributed by atoms with van der Waals surface area (Å²) in [7, 11) is 0. The minimum atomic E-state index is -0.665. The Kier molecular flexibility index (Phi) is 2.65. The van der Waals surface area contributed by atoms with Crippen LogP contribution in [0.4, 0.5) is 0 Å². The van der Waals surface area contributed by atoms with Crippen molar-refractivity contribution < 1.29 is 14.7 Å². The van der Waals surface area contributed by atoms with Crippen molar-refractivity contribution >= 4 is 11.6 Å². The zero-order chi connectivity index (χ0) is 14.7. The van der Waals surface area contributed by atoms with Crippen molar-refractivity contribution in [1.82, 2.24) is 0 Å². The Balaban J connectivity index is 2.23. The number of ketones is 2. The summed E-state index contributed by atoms with van der Waals surface area (Å²) in [6.45, 7) is 5.94. The number of fused-ring (bicyclic) bond motifs is 2. The summed E-state index contributed by atoms with van der Waals surface area (Å²) in [5.74, 6) is -0.529. The predicted octanol–water partition coefficient (Wildman–Crippen LogP) is 3.52. The van der Waals surface area contributed by atoms with Gasteiger partial charge >= 0.3 is 0 Å². The molecule has 0 spiro atoms. The summed E-state index contributed by atoms with van der Waals surface area (Å²) in [6, 6.07) is 4.75. The first-order valence-electron chi connectivity index (χ1n) is 6.92. The standard InChI is InChI=1S/C17H18O3/c1-9-7-12-15(19)14-11(5-4-6-13(14)18)16(20)17(12,3)8-10(9)2/h4-6,12,18H,7-8H2,1-3H3/t12-,17-/m1/s1. The number of benzene rings is 1. The molecule has 1 aromatic rings. The van der Waals surface area contributed by atoms with Crippen LogP contribution in [0.2, 0.25) is 0 Å². The fraction of sp³-hybridized carbons (Fsp3) is 0.412. The Labute approximate surface area is 118 Å². The second-order valence-electron chi connectivity index (χ2n) is 6.30. The van der Waals surface area contributed by atoms with Crippen molar-refractivity contribution in [3.05, 3.63) is 40.5 Å². The normalized spacial score (nSPS) is 29.2. The molecule has 0 fully saturated rings. The van der Waals surface area contributed by atoms with Gasteiger partial charge in [-0.05, 0) is 32.8 Å². The fourth-order valence-electron chi connectivity index (χ4n) is 3.62. The summed E-state index contributed by atoms with van der Waals surface area (Å²) in [5, 5.41) is 9.95. The number of phenols is 1. The smallest absolute Gasteiger partial charge is 0.171 e. The van der Waals surface area contributed by atoms with Gasteiger partial charge in [-0.3, -0.25) is 9.59 Å². The predicted molar refractivity (Wildman–Crippen MR) is 76.0 cm³/mol. The van der Waals surface area contributed by atoms with E-state index in [1.165, 1.54) is 17.2 Å². The molecular weight excluding hydrogens is 252 g/mol. The van der Waals surface area contributed by atoms with E-state index in [4.69, 9.17) is 0 Å². The number of rotatable bonds is 0. The SMILES string of the molecule is CC1=C(C)C[C@@]2(C)C(=O)c3cccc(O)c3C(=O)[C@H]2C1. The molecule has 20 heavy (non-hydrogen) atoms. The van der Waals surface area contributed by atoms with Crippen LogP contribution < -0.4 is 0 Å². The molecule has 0 aromatic heterocycles. The summed E-state index contributed by atoms with van der Waals surface area (Å²) in [6.07, 6.45) is 1.24. The molecule has 3 rings (SSSR count). The van der Waals surface area contributed by atoms with Crippen molar-refractivity contribution in [1.29, 1.82) is 0 Å². The maximum atomic E-state index is 12.8. The van der Waals surface area contributed by atoms with E-state index in [0.717, 1.165) is 0 Å². The second kappa shape index (κ2) is 4.05. The first-order valence-corrected chi connectivity index (χ1v) is 6.92. The number of hydrogen-bond donors (Lipinski definition) is 1. The molecule has 1 N–H and O–H groups in total. The van der Waals surface area contributed by atoms with Crippen LogP contribution >= 0.6 is 0 Å². The molecule has 0 unspecified atom stereocenters. The Morgan fingerprint density at radius 1 is 1.20 bits per heavy atom. The number of carbonyl (C=O) groups is 2. The van der Waals surface area contributed by atoms with Crippen LogP contribution in [-0.4, -0.2) is 16.7 Å². The van der Waals surface area contributed by atoms with Gasteiger partial charge < -0.3 is 5.11 Å². The molecule has 2 atom stereocenters. The number of phenolic OH excluding ortho intramolecular Hbond substituents is 1. The van der Waals surface area contributed by atoms with E-state index in [1.807, 2.05) is 20.8 Å². The third kappa shape index (κ3) is 1.52. The molecule has 1 aromatic carbocycles. The van der Waals surface area contributed by atoms with E-state index in [9.17, 15) is 14.7 Å². The maximum Gasteiger partial charge on any atom is 0.171 e. The molecule has 2 aliphatic carbocycles. The lowest BCUT2D eigenvalue weighted by Gasteiger charge is -2.43. The summed E-state index contributed by atoms with van der Waals surface area (Å²) < 4.78 is 0. The highest BCUT2D eigenvalue weighted by molar-refractivity contribution is 6.19. The van der Waals surface area contributed by atoms with Gasteiger partial charge in [0.05, 0.1) is 5.56 Å². The number of aromatic hydroxyl groups is 1. The Morgan fingerprint density at radius 3 is 2.60 bits per heavy atom. The number of allylic oxidation sites excluding steroid dienone is 2. The molecular formula is C17H18O3. The van der Waals surface area contributed by atoms with E-state index >= 15 is 0 Å². The van der Waals surface area contributed by atoms with Gasteiger partial charge in [0.25, 0.3) is 0 Å². The molecule has 0 amide bonds. The van der Waals surface area contributed by atoms with Crippen molar-refractivity contribution in [3.63, 3.8) is 0 Å². The maximum absolute atomic E-state index is 12.8. The van der Waals surface area contributed by atoms with Crippen molar-refractivity contribution in [2.75, 3.05) is 0 Å². The third-order valence-corrected chi connectivity index (χ3v) is 5.01. The molecule has 3 nitrogen and oxygen atoms in total. The molecule has 104 valence electrons. The summed E-state index contributed by atoms with van der Waals surface area (Å²) in [4.78, 5) is 25.6. The van der Waals surface area contributed by atoms with Gasteiger partial charge in [0.2, 0.25) is 0 Å². The van der Waals surface area contributed by atoms with Crippen LogP contribution in [-0.2, 0) is 0 Å². The number of Topliss-reactive ketones (excluding diaryl/α,β-unsaturated/α-hetero) is 2. The van der Waals surface area contributed by atoms with Crippen LogP contribution in [0.3, 0.4) is 0 Å². The highest BCUT2D eigenvalue weighted by Gasteiger charge is 2.52. The average molecular weight is 270 g/mol. The Hall–Kier alpha value is -1.90. The Morgan fingerprint density at radius 2 is 1.90 bits per heavy atom. The summed E-state index contributed by atoms with van der Waals surface area (Å²) >= 11 is 0. The van der Waals surface area contributed by atoms with E-state index in [1.54, 1.807) is 12.1 Å². The number of carbonyl (C=O) groups excluding carboxylic acids is 2. The molecule has 0 radical (unpaired) electrons. The molecule has 0 bridgehead atoms. The van der Waals surface area contributed by atoms with E-state index in [2.05, 4.69) is 0 Å². The van der Waals surface area contributed by atoms with Gasteiger partial charge in [-0.25, -0.2) is 0 Å². The topological polar surface area (TPSA) is 54.4 Å². The molecule has 0 saturated carbocycles. The van der Waals surface area contributed by atoms with Gasteiger partial charge in [0, 0.05) is 16.9 Å². The van der Waals surface area contributed by atoms with Crippen LogP contribution in [0.25, 0.3) is 0 Å². The fourth-order valence-corrected chi connectivity index (χ4v) is 3.62. The van der Waals surface area contributed by atoms with E-state index < -0.39 is 5.41 Å². The zero-order valence-corrected chi connectivity index (χ0v) is 12.0. The van der Waals surface area contributed by atoms with Crippen LogP contribution in [0.15, 0.2) is 29.3 Å². The van der Waals surface area contributed by atoms with E-state index in [-0.39, 0.29) is 28.8 Å². The van der Waals surface area contributed by atoms with E-state index in [0.29, 0.717) is 18.4 Å². The van der Waals surface area contributed by atoms with Crippen LogP contribution in [0, 0.1) is 11.3 Å². The Bertz CT molecular complexity index is 669. The molecule has 3 heteroatoms. The first-order chi connectivity index (χ1) is 9.36. The lowest BCUT2D eigenvalue weighted by Crippen LogP contribution is -2.47. The van der Waals surface area contributed by atoms with Crippen molar-refractivity contribution in [2.24, 2.45) is 11.3 Å². The first kappa shape index (κ1) is 13.1. The highest BCUT2D eigenvalue weighted by atomic mass is 16.3. The summed E-state index contributed by atoms with van der Waals surface area (Å²) in [5.41, 5.74) is 2.32. The van der Waals surface area contributed by atoms with Gasteiger partial charge in [-0.15, -0.1) is 0 Å². The van der Waals surface area contributed by atoms with Crippen LogP contribution in [0.1, 0.15) is 54.3 Å². The second-order valence-corrected chi connectivity index (χ2v) is 6.30. The van der Waals surface area contributed by atoms with Gasteiger partial charge in [0.1, 0.15) is 5.75 Å². The van der Waals surface area contributed by atoms with Crippen molar-refractivity contribution in [2.45, 2.75) is 33.6 Å². The lowest BCUT2D eigenvalue weighted by molar-refractivity contribution is 0.0554.